The van der Waals surface area contributed by atoms with Gasteiger partial charge in [-0.15, -0.1) is 11.3 Å². The average molecular weight is 336 g/mol. The minimum absolute atomic E-state index is 0.0475. The molecule has 1 N–H and O–H groups in total. The van der Waals surface area contributed by atoms with Crippen LogP contribution in [0.3, 0.4) is 0 Å². The molecule has 0 saturated carbocycles. The van der Waals surface area contributed by atoms with Gasteiger partial charge in [0.1, 0.15) is 0 Å². The maximum absolute atomic E-state index is 5.49. The van der Waals surface area contributed by atoms with E-state index in [2.05, 4.69) is 44.8 Å². The molecule has 7 heteroatoms. The zero-order valence-electron chi connectivity index (χ0n) is 13.7. The highest BCUT2D eigenvalue weighted by molar-refractivity contribution is 7.10. The van der Waals surface area contributed by atoms with Gasteiger partial charge >= 0.3 is 0 Å². The molecule has 126 valence electrons. The summed E-state index contributed by atoms with van der Waals surface area (Å²) in [6.45, 7) is 8.50. The van der Waals surface area contributed by atoms with Crippen molar-refractivity contribution in [2.24, 2.45) is 0 Å². The normalized spacial score (nSPS) is 18.9. The van der Waals surface area contributed by atoms with Gasteiger partial charge in [0.05, 0.1) is 25.3 Å². The summed E-state index contributed by atoms with van der Waals surface area (Å²) in [6.07, 6.45) is 0.793. The van der Waals surface area contributed by atoms with Gasteiger partial charge in [-0.1, -0.05) is 18.1 Å². The quantitative estimate of drug-likeness (QED) is 0.838. The number of nitrogens with zero attached hydrogens (tertiary/aromatic N) is 3. The molecule has 0 aliphatic carbocycles. The monoisotopic (exact) mass is 336 g/mol. The molecule has 0 spiro atoms. The van der Waals surface area contributed by atoms with Gasteiger partial charge in [-0.25, -0.2) is 0 Å². The molecule has 0 aromatic carbocycles. The first-order valence-corrected chi connectivity index (χ1v) is 9.07. The van der Waals surface area contributed by atoms with Crippen molar-refractivity contribution in [2.75, 3.05) is 32.8 Å². The van der Waals surface area contributed by atoms with Crippen LogP contribution >= 0.6 is 11.3 Å². The molecule has 0 unspecified atom stereocenters. The zero-order valence-corrected chi connectivity index (χ0v) is 14.5. The van der Waals surface area contributed by atoms with Gasteiger partial charge in [0, 0.05) is 30.9 Å². The molecule has 1 saturated heterocycles. The topological polar surface area (TPSA) is 63.4 Å². The number of nitrogens with one attached hydrogen (secondary N) is 1. The minimum atomic E-state index is 0.0475. The SMILES string of the molecule is CCc1noc([C@H](C)NC[C@@H](c2cccs2)N2CCOCC2)n1. The fraction of sp³-hybridized carbons (Fsp3) is 0.625. The maximum Gasteiger partial charge on any atom is 0.243 e. The number of thiophene rings is 1. The lowest BCUT2D eigenvalue weighted by molar-refractivity contribution is 0.0162. The molecule has 2 aromatic rings. The van der Waals surface area contributed by atoms with Gasteiger partial charge in [-0.3, -0.25) is 4.90 Å². The highest BCUT2D eigenvalue weighted by Crippen LogP contribution is 2.26. The van der Waals surface area contributed by atoms with Crippen LogP contribution in [0.5, 0.6) is 0 Å². The van der Waals surface area contributed by atoms with Crippen LogP contribution in [-0.2, 0) is 11.2 Å². The highest BCUT2D eigenvalue weighted by atomic mass is 32.1. The predicted molar refractivity (Wildman–Crippen MR) is 89.5 cm³/mol. The van der Waals surface area contributed by atoms with Crippen molar-refractivity contribution in [2.45, 2.75) is 32.4 Å². The fourth-order valence-electron chi connectivity index (χ4n) is 2.74. The van der Waals surface area contributed by atoms with Crippen LogP contribution < -0.4 is 5.32 Å². The van der Waals surface area contributed by atoms with E-state index in [0.29, 0.717) is 11.9 Å². The molecule has 0 radical (unpaired) electrons. The lowest BCUT2D eigenvalue weighted by atomic mass is 10.1. The molecular formula is C16H24N4O2S. The van der Waals surface area contributed by atoms with Gasteiger partial charge < -0.3 is 14.6 Å². The van der Waals surface area contributed by atoms with Crippen LogP contribution in [0.15, 0.2) is 22.0 Å². The second-order valence-electron chi connectivity index (χ2n) is 5.71. The minimum Gasteiger partial charge on any atom is -0.379 e. The van der Waals surface area contributed by atoms with Crippen molar-refractivity contribution < 1.29 is 9.26 Å². The van der Waals surface area contributed by atoms with Crippen LogP contribution in [0.1, 0.15) is 42.5 Å². The van der Waals surface area contributed by atoms with Gasteiger partial charge in [0.15, 0.2) is 5.82 Å². The first-order valence-electron chi connectivity index (χ1n) is 8.19. The Hall–Kier alpha value is -1.28. The molecule has 1 aliphatic rings. The van der Waals surface area contributed by atoms with Crippen LogP contribution in [0, 0.1) is 0 Å². The van der Waals surface area contributed by atoms with Gasteiger partial charge in [0.25, 0.3) is 0 Å². The lowest BCUT2D eigenvalue weighted by Gasteiger charge is -2.34. The Morgan fingerprint density at radius 3 is 2.87 bits per heavy atom. The summed E-state index contributed by atoms with van der Waals surface area (Å²) >= 11 is 1.81. The predicted octanol–water partition coefficient (Wildman–Crippen LogP) is 2.42. The maximum atomic E-state index is 5.49. The lowest BCUT2D eigenvalue weighted by Crippen LogP contribution is -2.42. The number of aromatic nitrogens is 2. The number of rotatable bonds is 7. The zero-order chi connectivity index (χ0) is 16.1. The van der Waals surface area contributed by atoms with E-state index in [-0.39, 0.29) is 6.04 Å². The van der Waals surface area contributed by atoms with E-state index in [4.69, 9.17) is 9.26 Å². The fourth-order valence-corrected chi connectivity index (χ4v) is 3.60. The van der Waals surface area contributed by atoms with E-state index < -0.39 is 0 Å². The molecular weight excluding hydrogens is 312 g/mol. The Morgan fingerprint density at radius 1 is 1.39 bits per heavy atom. The van der Waals surface area contributed by atoms with Crippen LogP contribution in [0.25, 0.3) is 0 Å². The van der Waals surface area contributed by atoms with Crippen LogP contribution in [-0.4, -0.2) is 47.9 Å². The van der Waals surface area contributed by atoms with E-state index >= 15 is 0 Å². The van der Waals surface area contributed by atoms with E-state index in [1.165, 1.54) is 4.88 Å². The molecule has 3 rings (SSSR count). The summed E-state index contributed by atoms with van der Waals surface area (Å²) in [5.74, 6) is 1.42. The third kappa shape index (κ3) is 4.17. The van der Waals surface area contributed by atoms with E-state index in [1.54, 1.807) is 11.3 Å². The Balaban J connectivity index is 1.63. The smallest absolute Gasteiger partial charge is 0.243 e. The Labute approximate surface area is 140 Å². The molecule has 0 amide bonds. The van der Waals surface area contributed by atoms with E-state index in [0.717, 1.165) is 45.1 Å². The third-order valence-corrected chi connectivity index (χ3v) is 5.12. The summed E-state index contributed by atoms with van der Waals surface area (Å²) in [4.78, 5) is 8.28. The van der Waals surface area contributed by atoms with Crippen molar-refractivity contribution in [3.05, 3.63) is 34.1 Å². The number of aryl methyl sites for hydroxylation is 1. The largest absolute Gasteiger partial charge is 0.379 e. The van der Waals surface area contributed by atoms with Gasteiger partial charge in [0.2, 0.25) is 5.89 Å². The van der Waals surface area contributed by atoms with Crippen molar-refractivity contribution in [1.82, 2.24) is 20.4 Å². The summed E-state index contributed by atoms with van der Waals surface area (Å²) < 4.78 is 10.8. The molecule has 2 aromatic heterocycles. The number of hydrogen-bond donors (Lipinski definition) is 1. The van der Waals surface area contributed by atoms with Crippen molar-refractivity contribution in [3.63, 3.8) is 0 Å². The number of morpholine rings is 1. The first-order chi connectivity index (χ1) is 11.3. The van der Waals surface area contributed by atoms with E-state index in [9.17, 15) is 0 Å². The van der Waals surface area contributed by atoms with Gasteiger partial charge in [-0.05, 0) is 18.4 Å². The molecule has 2 atom stereocenters. The molecule has 6 nitrogen and oxygen atoms in total. The Kier molecular flexibility index (Phi) is 5.77. The Bertz CT molecular complexity index is 581. The molecule has 3 heterocycles. The highest BCUT2D eigenvalue weighted by Gasteiger charge is 2.24. The van der Waals surface area contributed by atoms with E-state index in [1.807, 2.05) is 6.92 Å². The van der Waals surface area contributed by atoms with Crippen molar-refractivity contribution in [1.29, 1.82) is 0 Å². The van der Waals surface area contributed by atoms with Gasteiger partial charge in [-0.2, -0.15) is 4.98 Å². The summed E-state index contributed by atoms with van der Waals surface area (Å²) in [5.41, 5.74) is 0. The first kappa shape index (κ1) is 16.6. The average Bonchev–Trinajstić information content (AvgIpc) is 3.27. The number of hydrogen-bond acceptors (Lipinski definition) is 7. The standard InChI is InChI=1S/C16H24N4O2S/c1-3-15-18-16(22-19-15)12(2)17-11-13(14-5-4-10-23-14)20-6-8-21-9-7-20/h4-5,10,12-13,17H,3,6-9,11H2,1-2H3/t12-,13-/m0/s1. The molecule has 1 fully saturated rings. The van der Waals surface area contributed by atoms with Crippen molar-refractivity contribution in [3.8, 4) is 0 Å². The third-order valence-electron chi connectivity index (χ3n) is 4.15. The summed E-state index contributed by atoms with van der Waals surface area (Å²) in [7, 11) is 0. The molecule has 1 aliphatic heterocycles. The van der Waals surface area contributed by atoms with Crippen molar-refractivity contribution >= 4 is 11.3 Å². The number of ether oxygens (including phenoxy) is 1. The van der Waals surface area contributed by atoms with Crippen LogP contribution in [0.2, 0.25) is 0 Å². The molecule has 23 heavy (non-hydrogen) atoms. The summed E-state index contributed by atoms with van der Waals surface area (Å²) in [5, 5.41) is 9.66. The second kappa shape index (κ2) is 8.01. The summed E-state index contributed by atoms with van der Waals surface area (Å²) in [6, 6.07) is 4.72. The molecule has 0 bridgehead atoms. The van der Waals surface area contributed by atoms with Crippen LogP contribution in [0.4, 0.5) is 0 Å². The second-order valence-corrected chi connectivity index (χ2v) is 6.69. The Morgan fingerprint density at radius 2 is 2.22 bits per heavy atom.